The van der Waals surface area contributed by atoms with Gasteiger partial charge in [0, 0.05) is 0 Å². The molecule has 0 aromatic carbocycles. The zero-order valence-corrected chi connectivity index (χ0v) is 16.5. The predicted octanol–water partition coefficient (Wildman–Crippen LogP) is 3.42. The van der Waals surface area contributed by atoms with Crippen molar-refractivity contribution < 1.29 is 0 Å². The molecular weight excluding hydrogens is 296 g/mol. The minimum absolute atomic E-state index is 0.793. The third-order valence-electron chi connectivity index (χ3n) is 4.43. The molecule has 5 N–H and O–H groups in total. The van der Waals surface area contributed by atoms with E-state index in [0.29, 0.717) is 0 Å². The van der Waals surface area contributed by atoms with Gasteiger partial charge in [-0.2, -0.15) is 0 Å². The largest absolute Gasteiger partial charge is 0.330 e. The van der Waals surface area contributed by atoms with Crippen molar-refractivity contribution in [2.24, 2.45) is 5.73 Å². The minimum atomic E-state index is 0.793. The van der Waals surface area contributed by atoms with Crippen LogP contribution in [0.4, 0.5) is 0 Å². The summed E-state index contributed by atoms with van der Waals surface area (Å²) >= 11 is 0. The van der Waals surface area contributed by atoms with E-state index in [2.05, 4.69) is 22.9 Å². The Balaban J connectivity index is 2.93. The molecule has 146 valence electrons. The van der Waals surface area contributed by atoms with Crippen LogP contribution in [-0.2, 0) is 0 Å². The monoisotopic (exact) mass is 342 g/mol. The van der Waals surface area contributed by atoms with E-state index in [-0.39, 0.29) is 0 Å². The molecule has 0 bridgehead atoms. The van der Waals surface area contributed by atoms with Crippen LogP contribution in [-0.4, -0.2) is 45.8 Å². The van der Waals surface area contributed by atoms with Crippen LogP contribution in [0.1, 0.15) is 84.0 Å². The summed E-state index contributed by atoms with van der Waals surface area (Å²) in [5.41, 5.74) is 5.45. The third kappa shape index (κ3) is 21.8. The highest BCUT2D eigenvalue weighted by atomic mass is 14.9. The number of rotatable bonds is 21. The van der Waals surface area contributed by atoms with E-state index in [0.717, 1.165) is 32.6 Å². The van der Waals surface area contributed by atoms with Crippen LogP contribution in [0.5, 0.6) is 0 Å². The van der Waals surface area contributed by atoms with E-state index in [9.17, 15) is 0 Å². The van der Waals surface area contributed by atoms with Crippen LogP contribution >= 0.6 is 0 Å². The van der Waals surface area contributed by atoms with E-state index in [1.807, 2.05) is 0 Å². The summed E-state index contributed by atoms with van der Waals surface area (Å²) in [5.74, 6) is 0. The van der Waals surface area contributed by atoms with Crippen molar-refractivity contribution in [3.63, 3.8) is 0 Å². The summed E-state index contributed by atoms with van der Waals surface area (Å²) < 4.78 is 0. The fraction of sp³-hybridized carbons (Fsp3) is 1.00. The zero-order valence-electron chi connectivity index (χ0n) is 16.5. The number of hydrogen-bond donors (Lipinski definition) is 4. The van der Waals surface area contributed by atoms with E-state index in [1.165, 1.54) is 90.3 Å². The highest BCUT2D eigenvalue weighted by molar-refractivity contribution is 4.54. The minimum Gasteiger partial charge on any atom is -0.330 e. The fourth-order valence-electron chi connectivity index (χ4n) is 2.80. The lowest BCUT2D eigenvalue weighted by molar-refractivity contribution is 0.531. The first-order chi connectivity index (χ1) is 11.9. The lowest BCUT2D eigenvalue weighted by atomic mass is 10.1. The van der Waals surface area contributed by atoms with Crippen molar-refractivity contribution in [3.8, 4) is 0 Å². The highest BCUT2D eigenvalue weighted by Gasteiger charge is 1.94. The summed E-state index contributed by atoms with van der Waals surface area (Å²) in [4.78, 5) is 0. The molecular formula is C20H46N4. The van der Waals surface area contributed by atoms with E-state index < -0.39 is 0 Å². The average molecular weight is 343 g/mol. The maximum atomic E-state index is 5.45. The molecule has 0 atom stereocenters. The van der Waals surface area contributed by atoms with Crippen molar-refractivity contribution in [3.05, 3.63) is 0 Å². The molecule has 0 radical (unpaired) electrons. The van der Waals surface area contributed by atoms with Gasteiger partial charge in [-0.25, -0.2) is 0 Å². The quantitative estimate of drug-likeness (QED) is 0.241. The fourth-order valence-corrected chi connectivity index (χ4v) is 2.80. The molecule has 0 amide bonds. The van der Waals surface area contributed by atoms with E-state index >= 15 is 0 Å². The van der Waals surface area contributed by atoms with Gasteiger partial charge < -0.3 is 21.7 Å². The van der Waals surface area contributed by atoms with Crippen LogP contribution in [0.3, 0.4) is 0 Å². The molecule has 4 heteroatoms. The van der Waals surface area contributed by atoms with Crippen LogP contribution in [0.15, 0.2) is 0 Å². The second-order valence-electron chi connectivity index (χ2n) is 6.93. The Hall–Kier alpha value is -0.160. The summed E-state index contributed by atoms with van der Waals surface area (Å²) in [5, 5.41) is 10.5. The molecule has 0 aliphatic carbocycles. The molecule has 0 fully saturated rings. The standard InChI is InChI=1S/C20H46N4/c1-2-3-15-22-16-10-8-6-4-5-7-9-11-17-23-19-13-20-24-18-12-14-21/h22-24H,2-21H2,1H3. The third-order valence-corrected chi connectivity index (χ3v) is 4.43. The Morgan fingerprint density at radius 1 is 0.458 bits per heavy atom. The molecule has 0 aromatic heterocycles. The maximum absolute atomic E-state index is 5.45. The summed E-state index contributed by atoms with van der Waals surface area (Å²) in [6, 6.07) is 0. The van der Waals surface area contributed by atoms with Gasteiger partial charge in [0.15, 0.2) is 0 Å². The molecule has 0 saturated heterocycles. The molecule has 0 aromatic rings. The Labute approximate surface area is 152 Å². The van der Waals surface area contributed by atoms with Gasteiger partial charge in [0.1, 0.15) is 0 Å². The van der Waals surface area contributed by atoms with Gasteiger partial charge in [-0.3, -0.25) is 0 Å². The van der Waals surface area contributed by atoms with Crippen LogP contribution in [0.2, 0.25) is 0 Å². The van der Waals surface area contributed by atoms with Crippen molar-refractivity contribution in [2.75, 3.05) is 45.8 Å². The summed E-state index contributed by atoms with van der Waals surface area (Å²) in [6.45, 7) is 9.97. The van der Waals surface area contributed by atoms with Crippen LogP contribution in [0, 0.1) is 0 Å². The van der Waals surface area contributed by atoms with Gasteiger partial charge in [-0.1, -0.05) is 51.9 Å². The Morgan fingerprint density at radius 3 is 1.29 bits per heavy atom. The Bertz CT molecular complexity index is 190. The predicted molar refractivity (Wildman–Crippen MR) is 109 cm³/mol. The highest BCUT2D eigenvalue weighted by Crippen LogP contribution is 2.08. The second kappa shape index (κ2) is 22.8. The molecule has 4 nitrogen and oxygen atoms in total. The first-order valence-corrected chi connectivity index (χ1v) is 10.7. The molecule has 0 aliphatic rings. The molecule has 0 rings (SSSR count). The summed E-state index contributed by atoms with van der Waals surface area (Å²) in [7, 11) is 0. The van der Waals surface area contributed by atoms with Crippen molar-refractivity contribution >= 4 is 0 Å². The van der Waals surface area contributed by atoms with Gasteiger partial charge >= 0.3 is 0 Å². The SMILES string of the molecule is CCCCNCCCCCCCCCCNCCCNCCCN. The summed E-state index contributed by atoms with van der Waals surface area (Å²) in [6.07, 6.45) is 16.1. The first kappa shape index (κ1) is 23.8. The molecule has 0 saturated carbocycles. The molecule has 0 spiro atoms. The van der Waals surface area contributed by atoms with Crippen LogP contribution in [0.25, 0.3) is 0 Å². The van der Waals surface area contributed by atoms with Gasteiger partial charge in [0.2, 0.25) is 0 Å². The number of nitrogens with one attached hydrogen (secondary N) is 3. The molecule has 0 aliphatic heterocycles. The van der Waals surface area contributed by atoms with Gasteiger partial charge in [-0.05, 0) is 77.9 Å². The number of nitrogens with two attached hydrogens (primary N) is 1. The lowest BCUT2D eigenvalue weighted by Crippen LogP contribution is -2.24. The van der Waals surface area contributed by atoms with Crippen molar-refractivity contribution in [2.45, 2.75) is 84.0 Å². The zero-order chi connectivity index (χ0) is 17.6. The number of hydrogen-bond acceptors (Lipinski definition) is 4. The van der Waals surface area contributed by atoms with Gasteiger partial charge in [-0.15, -0.1) is 0 Å². The molecule has 0 unspecified atom stereocenters. The Kier molecular flexibility index (Phi) is 22.7. The van der Waals surface area contributed by atoms with Gasteiger partial charge in [0.25, 0.3) is 0 Å². The first-order valence-electron chi connectivity index (χ1n) is 10.7. The normalized spacial score (nSPS) is 11.2. The number of unbranched alkanes of at least 4 members (excludes halogenated alkanes) is 8. The smallest absolute Gasteiger partial charge is 0.00368 e. The topological polar surface area (TPSA) is 62.1 Å². The van der Waals surface area contributed by atoms with Crippen molar-refractivity contribution in [1.82, 2.24) is 16.0 Å². The molecule has 0 heterocycles. The van der Waals surface area contributed by atoms with Crippen molar-refractivity contribution in [1.29, 1.82) is 0 Å². The van der Waals surface area contributed by atoms with E-state index in [1.54, 1.807) is 0 Å². The Morgan fingerprint density at radius 2 is 0.833 bits per heavy atom. The second-order valence-corrected chi connectivity index (χ2v) is 6.93. The molecule has 24 heavy (non-hydrogen) atoms. The van der Waals surface area contributed by atoms with Gasteiger partial charge in [0.05, 0.1) is 0 Å². The van der Waals surface area contributed by atoms with Crippen LogP contribution < -0.4 is 21.7 Å². The average Bonchev–Trinajstić information content (AvgIpc) is 2.60. The maximum Gasteiger partial charge on any atom is -0.00368 e. The lowest BCUT2D eigenvalue weighted by Gasteiger charge is -2.06. The van der Waals surface area contributed by atoms with E-state index in [4.69, 9.17) is 5.73 Å².